The molecule has 0 unspecified atom stereocenters. The first-order valence-electron chi connectivity index (χ1n) is 11.0. The fourth-order valence-electron chi connectivity index (χ4n) is 2.85. The molecule has 0 bridgehead atoms. The average Bonchev–Trinajstić information content (AvgIpc) is 2.74. The van der Waals surface area contributed by atoms with E-state index in [1.165, 1.54) is 6.07 Å². The van der Waals surface area contributed by atoms with Crippen LogP contribution < -0.4 is 5.73 Å². The van der Waals surface area contributed by atoms with Gasteiger partial charge in [-0.15, -0.1) is 0 Å². The van der Waals surface area contributed by atoms with Gasteiger partial charge in [-0.3, -0.25) is 4.79 Å². The van der Waals surface area contributed by atoms with Gasteiger partial charge in [-0.1, -0.05) is 38.0 Å². The predicted molar refractivity (Wildman–Crippen MR) is 117 cm³/mol. The molecule has 30 heavy (non-hydrogen) atoms. The maximum atomic E-state index is 14.1. The summed E-state index contributed by atoms with van der Waals surface area (Å²) in [5, 5.41) is 0. The van der Waals surface area contributed by atoms with Crippen LogP contribution in [-0.2, 0) is 25.5 Å². The van der Waals surface area contributed by atoms with Crippen LogP contribution in [0.5, 0.6) is 0 Å². The number of nitrogens with two attached hydrogens (primary N) is 1. The molecule has 0 heterocycles. The Bertz CT molecular complexity index is 601. The first-order chi connectivity index (χ1) is 14.5. The number of amides is 1. The quantitative estimate of drug-likeness (QED) is 0.386. The molecule has 0 aliphatic heterocycles. The van der Waals surface area contributed by atoms with Crippen molar-refractivity contribution in [3.05, 3.63) is 35.1 Å². The van der Waals surface area contributed by atoms with Gasteiger partial charge in [0, 0.05) is 31.9 Å². The van der Waals surface area contributed by atoms with E-state index in [1.54, 1.807) is 17.0 Å². The van der Waals surface area contributed by atoms with Crippen molar-refractivity contribution in [2.45, 2.75) is 59.0 Å². The maximum Gasteiger partial charge on any atom is 0.239 e. The summed E-state index contributed by atoms with van der Waals surface area (Å²) >= 11 is 0. The smallest absolute Gasteiger partial charge is 0.239 e. The Morgan fingerprint density at radius 3 is 2.23 bits per heavy atom. The summed E-state index contributed by atoms with van der Waals surface area (Å²) in [5.41, 5.74) is 7.39. The number of nitrogens with zero attached hydrogens (tertiary/aromatic N) is 1. The van der Waals surface area contributed by atoms with Crippen LogP contribution in [0.4, 0.5) is 4.39 Å². The maximum absolute atomic E-state index is 14.1. The standard InChI is InChI=1S/C23H39FN2O4/c1-4-6-11-28-13-15-30-16-14-29-12-7-10-26(23(27)22(25)5-2)18-20-17-19(3)8-9-21(20)24/h8-9,17,22H,4-7,10-16,18,25H2,1-3H3/t22-/m0/s1. The van der Waals surface area contributed by atoms with Gasteiger partial charge in [0.25, 0.3) is 0 Å². The number of hydrogen-bond donors (Lipinski definition) is 1. The van der Waals surface area contributed by atoms with Gasteiger partial charge in [0.2, 0.25) is 5.91 Å². The van der Waals surface area contributed by atoms with E-state index < -0.39 is 6.04 Å². The highest BCUT2D eigenvalue weighted by atomic mass is 19.1. The molecular formula is C23H39FN2O4. The Labute approximate surface area is 180 Å². The fraction of sp³-hybridized carbons (Fsp3) is 0.696. The molecule has 1 amide bonds. The summed E-state index contributed by atoms with van der Waals surface area (Å²) in [4.78, 5) is 14.2. The third kappa shape index (κ3) is 11.0. The van der Waals surface area contributed by atoms with Crippen molar-refractivity contribution in [3.8, 4) is 0 Å². The monoisotopic (exact) mass is 426 g/mol. The zero-order valence-electron chi connectivity index (χ0n) is 18.8. The summed E-state index contributed by atoms with van der Waals surface area (Å²) in [6.45, 7) is 10.0. The molecule has 1 atom stereocenters. The number of carbonyl (C=O) groups excluding carboxylic acids is 1. The Morgan fingerprint density at radius 2 is 1.63 bits per heavy atom. The van der Waals surface area contributed by atoms with Crippen molar-refractivity contribution < 1.29 is 23.4 Å². The van der Waals surface area contributed by atoms with E-state index in [0.29, 0.717) is 58.0 Å². The Balaban J connectivity index is 2.32. The number of rotatable bonds is 17. The van der Waals surface area contributed by atoms with Crippen LogP contribution in [0.15, 0.2) is 18.2 Å². The topological polar surface area (TPSA) is 74.0 Å². The number of unbranched alkanes of at least 4 members (excludes halogenated alkanes) is 1. The number of halogens is 1. The van der Waals surface area contributed by atoms with Crippen molar-refractivity contribution in [2.75, 3.05) is 46.2 Å². The normalized spacial score (nSPS) is 12.2. The Hall–Kier alpha value is -1.54. The molecule has 0 aromatic heterocycles. The van der Waals surface area contributed by atoms with Gasteiger partial charge in [0.15, 0.2) is 0 Å². The molecular weight excluding hydrogens is 387 g/mol. The molecule has 0 radical (unpaired) electrons. The number of aryl methyl sites for hydroxylation is 1. The van der Waals surface area contributed by atoms with Crippen molar-refractivity contribution in [2.24, 2.45) is 5.73 Å². The van der Waals surface area contributed by atoms with E-state index in [4.69, 9.17) is 19.9 Å². The van der Waals surface area contributed by atoms with E-state index in [0.717, 1.165) is 25.0 Å². The molecule has 0 fully saturated rings. The zero-order valence-corrected chi connectivity index (χ0v) is 18.8. The van der Waals surface area contributed by atoms with Gasteiger partial charge in [0.05, 0.1) is 32.5 Å². The largest absolute Gasteiger partial charge is 0.379 e. The molecule has 0 aliphatic carbocycles. The number of benzene rings is 1. The number of ether oxygens (including phenoxy) is 3. The van der Waals surface area contributed by atoms with Gasteiger partial charge in [-0.25, -0.2) is 4.39 Å². The summed E-state index contributed by atoms with van der Waals surface area (Å²) in [6.07, 6.45) is 3.39. The van der Waals surface area contributed by atoms with Crippen LogP contribution in [-0.4, -0.2) is 63.0 Å². The van der Waals surface area contributed by atoms with Gasteiger partial charge >= 0.3 is 0 Å². The third-order valence-electron chi connectivity index (χ3n) is 4.73. The first-order valence-corrected chi connectivity index (χ1v) is 11.0. The molecule has 172 valence electrons. The fourth-order valence-corrected chi connectivity index (χ4v) is 2.85. The predicted octanol–water partition coefficient (Wildman–Crippen LogP) is 3.44. The molecule has 0 saturated heterocycles. The van der Waals surface area contributed by atoms with Crippen LogP contribution in [0.25, 0.3) is 0 Å². The molecule has 0 aliphatic rings. The molecule has 1 aromatic carbocycles. The highest BCUT2D eigenvalue weighted by Crippen LogP contribution is 2.14. The van der Waals surface area contributed by atoms with Gasteiger partial charge in [-0.05, 0) is 32.3 Å². The minimum Gasteiger partial charge on any atom is -0.379 e. The lowest BCUT2D eigenvalue weighted by atomic mass is 10.1. The minimum atomic E-state index is -0.577. The van der Waals surface area contributed by atoms with Crippen LogP contribution in [0.1, 0.15) is 50.7 Å². The van der Waals surface area contributed by atoms with Gasteiger partial charge < -0.3 is 24.8 Å². The van der Waals surface area contributed by atoms with Crippen molar-refractivity contribution in [3.63, 3.8) is 0 Å². The summed E-state index contributed by atoms with van der Waals surface area (Å²) < 4.78 is 30.6. The second kappa shape index (κ2) is 16.2. The Morgan fingerprint density at radius 1 is 1.03 bits per heavy atom. The summed E-state index contributed by atoms with van der Waals surface area (Å²) in [5.74, 6) is -0.472. The second-order valence-electron chi connectivity index (χ2n) is 7.41. The molecule has 1 aromatic rings. The highest BCUT2D eigenvalue weighted by Gasteiger charge is 2.20. The highest BCUT2D eigenvalue weighted by molar-refractivity contribution is 5.81. The van der Waals surface area contributed by atoms with Crippen molar-refractivity contribution in [1.29, 1.82) is 0 Å². The van der Waals surface area contributed by atoms with Crippen LogP contribution in [0.2, 0.25) is 0 Å². The third-order valence-corrected chi connectivity index (χ3v) is 4.73. The van der Waals surface area contributed by atoms with E-state index in [9.17, 15) is 9.18 Å². The molecule has 2 N–H and O–H groups in total. The minimum absolute atomic E-state index is 0.162. The Kier molecular flexibility index (Phi) is 14.3. The van der Waals surface area contributed by atoms with Crippen LogP contribution in [0.3, 0.4) is 0 Å². The van der Waals surface area contributed by atoms with Gasteiger partial charge in [-0.2, -0.15) is 0 Å². The van der Waals surface area contributed by atoms with E-state index in [1.807, 2.05) is 13.8 Å². The van der Waals surface area contributed by atoms with Crippen LogP contribution >= 0.6 is 0 Å². The second-order valence-corrected chi connectivity index (χ2v) is 7.41. The average molecular weight is 427 g/mol. The molecule has 0 saturated carbocycles. The lowest BCUT2D eigenvalue weighted by molar-refractivity contribution is -0.133. The summed E-state index contributed by atoms with van der Waals surface area (Å²) in [7, 11) is 0. The lowest BCUT2D eigenvalue weighted by Gasteiger charge is -2.26. The van der Waals surface area contributed by atoms with E-state index >= 15 is 0 Å². The number of carbonyl (C=O) groups is 1. The summed E-state index contributed by atoms with van der Waals surface area (Å²) in [6, 6.07) is 4.35. The lowest BCUT2D eigenvalue weighted by Crippen LogP contribution is -2.43. The van der Waals surface area contributed by atoms with E-state index in [-0.39, 0.29) is 18.3 Å². The van der Waals surface area contributed by atoms with Crippen molar-refractivity contribution in [1.82, 2.24) is 4.90 Å². The van der Waals surface area contributed by atoms with Crippen LogP contribution in [0, 0.1) is 12.7 Å². The molecule has 1 rings (SSSR count). The van der Waals surface area contributed by atoms with Crippen molar-refractivity contribution >= 4 is 5.91 Å². The SMILES string of the molecule is CCCCOCCOCCOCCCN(Cc1cc(C)ccc1F)C(=O)[C@@H](N)CC. The zero-order chi connectivity index (χ0) is 22.2. The van der Waals surface area contributed by atoms with Gasteiger partial charge in [0.1, 0.15) is 5.82 Å². The molecule has 6 nitrogen and oxygen atoms in total. The molecule has 7 heteroatoms. The number of hydrogen-bond acceptors (Lipinski definition) is 5. The first kappa shape index (κ1) is 26.5. The molecule has 0 spiro atoms. The van der Waals surface area contributed by atoms with E-state index in [2.05, 4.69) is 6.92 Å².